The molecule has 3 aromatic heterocycles. The van der Waals surface area contributed by atoms with Crippen LogP contribution in [0.5, 0.6) is 5.75 Å². The zero-order chi connectivity index (χ0) is 30.6. The smallest absolute Gasteiger partial charge is 0.237 e. The van der Waals surface area contributed by atoms with Crippen LogP contribution in [0.4, 0.5) is 0 Å². The molecule has 1 aliphatic heterocycles. The van der Waals surface area contributed by atoms with Crippen molar-refractivity contribution in [2.24, 2.45) is 0 Å². The van der Waals surface area contributed by atoms with Crippen molar-refractivity contribution >= 4 is 27.7 Å². The van der Waals surface area contributed by atoms with Crippen molar-refractivity contribution in [3.63, 3.8) is 0 Å². The summed E-state index contributed by atoms with van der Waals surface area (Å²) >= 11 is 0. The number of rotatable bonds is 11. The molecule has 1 aliphatic rings. The van der Waals surface area contributed by atoms with Crippen LogP contribution in [0.25, 0.3) is 21.8 Å². The first-order chi connectivity index (χ1) is 22.2. The van der Waals surface area contributed by atoms with E-state index in [2.05, 4.69) is 73.8 Å². The zero-order valence-electron chi connectivity index (χ0n) is 25.6. The molecular formula is C36H39N7O2. The predicted molar refractivity (Wildman–Crippen MR) is 176 cm³/mol. The Bertz CT molecular complexity index is 1900. The number of H-pyrrole nitrogens is 2. The molecule has 6 aromatic rings. The molecule has 1 fully saturated rings. The van der Waals surface area contributed by atoms with E-state index in [-0.39, 0.29) is 18.0 Å². The van der Waals surface area contributed by atoms with Crippen LogP contribution < -0.4 is 15.4 Å². The van der Waals surface area contributed by atoms with Gasteiger partial charge in [0.15, 0.2) is 5.82 Å². The van der Waals surface area contributed by atoms with Crippen molar-refractivity contribution in [2.45, 2.75) is 57.2 Å². The largest absolute Gasteiger partial charge is 0.497 e. The first-order valence-electron chi connectivity index (χ1n) is 15.8. The highest BCUT2D eigenvalue weighted by molar-refractivity contribution is 5.84. The molecule has 1 amide bonds. The molecule has 0 saturated carbocycles. The van der Waals surface area contributed by atoms with Crippen LogP contribution in [0, 0.1) is 0 Å². The van der Waals surface area contributed by atoms with Crippen LogP contribution in [0.1, 0.15) is 53.6 Å². The zero-order valence-corrected chi connectivity index (χ0v) is 25.6. The average molecular weight is 602 g/mol. The van der Waals surface area contributed by atoms with E-state index in [1.165, 1.54) is 10.9 Å². The van der Waals surface area contributed by atoms with E-state index in [0.29, 0.717) is 19.4 Å². The van der Waals surface area contributed by atoms with E-state index in [1.807, 2.05) is 36.5 Å². The van der Waals surface area contributed by atoms with Gasteiger partial charge in [0, 0.05) is 47.0 Å². The number of benzene rings is 3. The SMILES string of the molecule is COc1ccc(Cn2c(CCc3c[nH]c4ccccc34)nnc2C(Cc2c[nH]c3ccccc23)NC(=O)[C@H]2CCCCN2)cc1. The lowest BCUT2D eigenvalue weighted by atomic mass is 10.0. The lowest BCUT2D eigenvalue weighted by molar-refractivity contribution is -0.124. The van der Waals surface area contributed by atoms with Crippen LogP contribution in [0.3, 0.4) is 0 Å². The molecule has 2 atom stereocenters. The van der Waals surface area contributed by atoms with E-state index in [9.17, 15) is 4.79 Å². The molecule has 230 valence electrons. The monoisotopic (exact) mass is 601 g/mol. The van der Waals surface area contributed by atoms with Gasteiger partial charge >= 0.3 is 0 Å². The fourth-order valence-corrected chi connectivity index (χ4v) is 6.54. The molecule has 45 heavy (non-hydrogen) atoms. The van der Waals surface area contributed by atoms with Crippen molar-refractivity contribution in [2.75, 3.05) is 13.7 Å². The van der Waals surface area contributed by atoms with E-state index in [1.54, 1.807) is 7.11 Å². The summed E-state index contributed by atoms with van der Waals surface area (Å²) in [5.74, 6) is 2.47. The topological polar surface area (TPSA) is 113 Å². The number of aromatic nitrogens is 5. The molecule has 0 aliphatic carbocycles. The number of ether oxygens (including phenoxy) is 1. The van der Waals surface area contributed by atoms with Crippen LogP contribution in [-0.4, -0.2) is 50.3 Å². The van der Waals surface area contributed by atoms with Gasteiger partial charge in [-0.25, -0.2) is 0 Å². The number of hydrogen-bond acceptors (Lipinski definition) is 5. The second-order valence-electron chi connectivity index (χ2n) is 11.9. The number of fused-ring (bicyclic) bond motifs is 2. The number of para-hydroxylation sites is 2. The molecular weight excluding hydrogens is 562 g/mol. The summed E-state index contributed by atoms with van der Waals surface area (Å²) in [6, 6.07) is 24.2. The number of hydrogen-bond donors (Lipinski definition) is 4. The van der Waals surface area contributed by atoms with Crippen LogP contribution >= 0.6 is 0 Å². The maximum atomic E-state index is 13.7. The van der Waals surface area contributed by atoms with Crippen LogP contribution in [-0.2, 0) is 30.6 Å². The minimum Gasteiger partial charge on any atom is -0.497 e. The Morgan fingerprint density at radius 1 is 0.911 bits per heavy atom. The van der Waals surface area contributed by atoms with Gasteiger partial charge in [-0.15, -0.1) is 10.2 Å². The van der Waals surface area contributed by atoms with E-state index >= 15 is 0 Å². The molecule has 9 nitrogen and oxygen atoms in total. The second-order valence-corrected chi connectivity index (χ2v) is 11.9. The summed E-state index contributed by atoms with van der Waals surface area (Å²) in [7, 11) is 1.68. The first-order valence-corrected chi connectivity index (χ1v) is 15.8. The Hall–Kier alpha value is -4.89. The Morgan fingerprint density at radius 2 is 1.62 bits per heavy atom. The molecule has 0 spiro atoms. The predicted octanol–water partition coefficient (Wildman–Crippen LogP) is 5.62. The van der Waals surface area contributed by atoms with Gasteiger partial charge in [0.2, 0.25) is 5.91 Å². The number of methoxy groups -OCH3 is 1. The Balaban J connectivity index is 1.25. The number of carbonyl (C=O) groups excluding carboxylic acids is 1. The first kappa shape index (κ1) is 28.9. The highest BCUT2D eigenvalue weighted by atomic mass is 16.5. The highest BCUT2D eigenvalue weighted by Crippen LogP contribution is 2.27. The van der Waals surface area contributed by atoms with Crippen LogP contribution in [0.2, 0.25) is 0 Å². The Labute approximate surface area is 262 Å². The number of nitrogens with one attached hydrogen (secondary N) is 4. The molecule has 1 saturated heterocycles. The van der Waals surface area contributed by atoms with Crippen molar-refractivity contribution in [3.8, 4) is 5.75 Å². The highest BCUT2D eigenvalue weighted by Gasteiger charge is 2.28. The third kappa shape index (κ3) is 6.21. The number of piperidine rings is 1. The molecule has 7 rings (SSSR count). The number of aromatic amines is 2. The van der Waals surface area contributed by atoms with Gasteiger partial charge in [-0.1, -0.05) is 55.0 Å². The molecule has 4 N–H and O–H groups in total. The number of amides is 1. The normalized spacial score (nSPS) is 15.8. The third-order valence-electron chi connectivity index (χ3n) is 9.00. The van der Waals surface area contributed by atoms with Crippen molar-refractivity contribution < 1.29 is 9.53 Å². The van der Waals surface area contributed by atoms with Gasteiger partial charge < -0.3 is 29.9 Å². The number of nitrogens with zero attached hydrogens (tertiary/aromatic N) is 3. The van der Waals surface area contributed by atoms with E-state index in [0.717, 1.165) is 77.2 Å². The summed E-state index contributed by atoms with van der Waals surface area (Å²) < 4.78 is 7.61. The van der Waals surface area contributed by atoms with Crippen LogP contribution in [0.15, 0.2) is 85.2 Å². The maximum absolute atomic E-state index is 13.7. The lowest BCUT2D eigenvalue weighted by Crippen LogP contribution is -2.48. The van der Waals surface area contributed by atoms with Gasteiger partial charge in [-0.2, -0.15) is 0 Å². The van der Waals surface area contributed by atoms with E-state index in [4.69, 9.17) is 14.9 Å². The Kier molecular flexibility index (Phi) is 8.33. The summed E-state index contributed by atoms with van der Waals surface area (Å²) in [4.78, 5) is 20.5. The molecule has 3 aromatic carbocycles. The van der Waals surface area contributed by atoms with Gasteiger partial charge in [-0.3, -0.25) is 4.79 Å². The van der Waals surface area contributed by atoms with Crippen molar-refractivity contribution in [1.82, 2.24) is 35.4 Å². The molecule has 0 bridgehead atoms. The van der Waals surface area contributed by atoms with Crippen molar-refractivity contribution in [3.05, 3.63) is 114 Å². The summed E-state index contributed by atoms with van der Waals surface area (Å²) in [6.07, 6.45) is 9.23. The number of aryl methyl sites for hydroxylation is 2. The van der Waals surface area contributed by atoms with E-state index < -0.39 is 0 Å². The number of carbonyl (C=O) groups is 1. The lowest BCUT2D eigenvalue weighted by Gasteiger charge is -2.26. The van der Waals surface area contributed by atoms with Gasteiger partial charge in [0.25, 0.3) is 0 Å². The average Bonchev–Trinajstić information content (AvgIpc) is 3.81. The third-order valence-corrected chi connectivity index (χ3v) is 9.00. The maximum Gasteiger partial charge on any atom is 0.237 e. The van der Waals surface area contributed by atoms with Crippen molar-refractivity contribution in [1.29, 1.82) is 0 Å². The Morgan fingerprint density at radius 3 is 2.33 bits per heavy atom. The quantitative estimate of drug-likeness (QED) is 0.154. The molecule has 4 heterocycles. The molecule has 0 radical (unpaired) electrons. The van der Waals surface area contributed by atoms with Gasteiger partial charge in [-0.05, 0) is 66.8 Å². The molecule has 1 unspecified atom stereocenters. The van der Waals surface area contributed by atoms with Gasteiger partial charge in [0.1, 0.15) is 11.6 Å². The second kappa shape index (κ2) is 13.0. The standard InChI is InChI=1S/C36H39N7O2/c1-45-27-16-13-24(14-17-27)23-43-34(18-15-25-21-38-30-10-4-2-8-28(25)30)41-42-35(43)33(40-36(44)32-12-6-7-19-37-32)20-26-22-39-31-11-5-3-9-29(26)31/h2-5,8-11,13-14,16-17,21-22,32-33,37-39H,6-7,12,15,18-20,23H2,1H3,(H,40,44)/t32-,33?/m1/s1. The minimum absolute atomic E-state index is 0.0129. The van der Waals surface area contributed by atoms with Gasteiger partial charge in [0.05, 0.1) is 25.7 Å². The summed E-state index contributed by atoms with van der Waals surface area (Å²) in [5.41, 5.74) is 5.69. The summed E-state index contributed by atoms with van der Waals surface area (Å²) in [5, 5.41) is 18.7. The summed E-state index contributed by atoms with van der Waals surface area (Å²) in [6.45, 7) is 1.44. The molecule has 9 heteroatoms. The fraction of sp³-hybridized carbons (Fsp3) is 0.306. The minimum atomic E-state index is -0.368. The fourth-order valence-electron chi connectivity index (χ4n) is 6.54.